The highest BCUT2D eigenvalue weighted by atomic mass is 16.5. The second-order valence-electron chi connectivity index (χ2n) is 9.17. The number of rotatable bonds is 6. The Kier molecular flexibility index (Phi) is 6.77. The van der Waals surface area contributed by atoms with Crippen LogP contribution in [0.4, 0.5) is 0 Å². The lowest BCUT2D eigenvalue weighted by Crippen LogP contribution is -2.50. The van der Waals surface area contributed by atoms with Crippen LogP contribution in [-0.2, 0) is 6.54 Å². The molecule has 2 aromatic carbocycles. The number of carbonyl (C=O) groups is 1. The molecule has 5 rings (SSSR count). The fraction of sp³-hybridized carbons (Fsp3) is 0.286. The molecule has 8 nitrogen and oxygen atoms in total. The number of carbonyl (C=O) groups excluding carboxylic acids is 1. The van der Waals surface area contributed by atoms with E-state index in [-0.39, 0.29) is 23.1 Å². The summed E-state index contributed by atoms with van der Waals surface area (Å²) in [5.74, 6) is 0.896. The van der Waals surface area contributed by atoms with Crippen molar-refractivity contribution in [1.82, 2.24) is 24.5 Å². The molecule has 1 unspecified atom stereocenters. The molecule has 1 atom stereocenters. The summed E-state index contributed by atoms with van der Waals surface area (Å²) in [5, 5.41) is 4.15. The van der Waals surface area contributed by atoms with Gasteiger partial charge < -0.3 is 14.0 Å². The number of piperazine rings is 1. The first-order chi connectivity index (χ1) is 17.5. The number of hydrogen-bond donors (Lipinski definition) is 0. The molecule has 2 aromatic heterocycles. The van der Waals surface area contributed by atoms with Crippen LogP contribution in [0.25, 0.3) is 11.4 Å². The van der Waals surface area contributed by atoms with Crippen LogP contribution in [0.2, 0.25) is 0 Å². The van der Waals surface area contributed by atoms with Crippen molar-refractivity contribution in [2.45, 2.75) is 26.4 Å². The first-order valence-electron chi connectivity index (χ1n) is 12.2. The van der Waals surface area contributed by atoms with E-state index >= 15 is 0 Å². The molecule has 1 amide bonds. The quantitative estimate of drug-likeness (QED) is 0.415. The first-order valence-corrected chi connectivity index (χ1v) is 12.2. The topological polar surface area (TPSA) is 84.5 Å². The monoisotopic (exact) mass is 483 g/mol. The van der Waals surface area contributed by atoms with Crippen molar-refractivity contribution >= 4 is 5.91 Å². The van der Waals surface area contributed by atoms with Gasteiger partial charge in [-0.3, -0.25) is 14.5 Å². The Labute approximate surface area is 209 Å². The normalized spacial score (nSPS) is 15.1. The van der Waals surface area contributed by atoms with E-state index < -0.39 is 0 Å². The zero-order valence-electron chi connectivity index (χ0n) is 20.5. The third-order valence-electron chi connectivity index (χ3n) is 6.70. The zero-order valence-corrected chi connectivity index (χ0v) is 20.5. The van der Waals surface area contributed by atoms with Gasteiger partial charge in [0, 0.05) is 37.9 Å². The maximum atomic E-state index is 13.2. The minimum atomic E-state index is -0.267. The van der Waals surface area contributed by atoms with Crippen molar-refractivity contribution in [3.8, 4) is 11.4 Å². The Morgan fingerprint density at radius 1 is 0.972 bits per heavy atom. The second kappa shape index (κ2) is 10.3. The minimum absolute atomic E-state index is 0.0752. The number of pyridine rings is 1. The molecule has 0 saturated carbocycles. The van der Waals surface area contributed by atoms with Gasteiger partial charge in [0.15, 0.2) is 0 Å². The minimum Gasteiger partial charge on any atom is -0.337 e. The molecule has 0 bridgehead atoms. The summed E-state index contributed by atoms with van der Waals surface area (Å²) in [7, 11) is 0. The van der Waals surface area contributed by atoms with E-state index in [1.165, 1.54) is 5.56 Å². The number of nitrogens with zero attached hydrogens (tertiary/aromatic N) is 5. The summed E-state index contributed by atoms with van der Waals surface area (Å²) in [6, 6.07) is 21.1. The van der Waals surface area contributed by atoms with Crippen LogP contribution in [-0.4, -0.2) is 56.6 Å². The molecule has 8 heteroatoms. The van der Waals surface area contributed by atoms with E-state index in [1.807, 2.05) is 68.4 Å². The Morgan fingerprint density at radius 3 is 2.42 bits per heavy atom. The fourth-order valence-corrected chi connectivity index (χ4v) is 4.47. The smallest absolute Gasteiger partial charge is 0.263 e. The SMILES string of the molecule is Cc1ccc(-c2noc(C(C)N3CCN(C(=O)c4cccn(Cc5ccccc5)c4=O)CC3)n2)cc1. The highest BCUT2D eigenvalue weighted by Crippen LogP contribution is 2.24. The van der Waals surface area contributed by atoms with Crippen LogP contribution in [0.1, 0.15) is 40.3 Å². The van der Waals surface area contributed by atoms with E-state index in [2.05, 4.69) is 15.0 Å². The fourth-order valence-electron chi connectivity index (χ4n) is 4.47. The van der Waals surface area contributed by atoms with Gasteiger partial charge in [0.05, 0.1) is 12.6 Å². The van der Waals surface area contributed by atoms with Crippen LogP contribution in [0.3, 0.4) is 0 Å². The van der Waals surface area contributed by atoms with Gasteiger partial charge in [-0.1, -0.05) is 65.3 Å². The van der Waals surface area contributed by atoms with Gasteiger partial charge in [0.1, 0.15) is 5.56 Å². The molecule has 1 fully saturated rings. The molecular formula is C28H29N5O3. The molecule has 0 N–H and O–H groups in total. The maximum Gasteiger partial charge on any atom is 0.263 e. The predicted octanol–water partition coefficient (Wildman–Crippen LogP) is 3.77. The molecule has 3 heterocycles. The van der Waals surface area contributed by atoms with E-state index in [0.717, 1.165) is 11.1 Å². The molecule has 0 radical (unpaired) electrons. The lowest BCUT2D eigenvalue weighted by molar-refractivity contribution is 0.0549. The van der Waals surface area contributed by atoms with Crippen molar-refractivity contribution in [2.75, 3.05) is 26.2 Å². The van der Waals surface area contributed by atoms with Gasteiger partial charge in [-0.2, -0.15) is 4.98 Å². The van der Waals surface area contributed by atoms with Gasteiger partial charge in [0.2, 0.25) is 11.7 Å². The Morgan fingerprint density at radius 2 is 1.69 bits per heavy atom. The Hall–Kier alpha value is -4.04. The lowest BCUT2D eigenvalue weighted by atomic mass is 10.1. The number of benzene rings is 2. The average Bonchev–Trinajstić information content (AvgIpc) is 3.41. The molecule has 36 heavy (non-hydrogen) atoms. The van der Waals surface area contributed by atoms with Crippen LogP contribution in [0.5, 0.6) is 0 Å². The summed E-state index contributed by atoms with van der Waals surface area (Å²) < 4.78 is 7.14. The van der Waals surface area contributed by atoms with E-state index in [4.69, 9.17) is 4.52 Å². The molecule has 0 spiro atoms. The van der Waals surface area contributed by atoms with Crippen molar-refractivity contribution in [1.29, 1.82) is 0 Å². The van der Waals surface area contributed by atoms with Gasteiger partial charge in [0.25, 0.3) is 11.5 Å². The van der Waals surface area contributed by atoms with Crippen molar-refractivity contribution in [3.63, 3.8) is 0 Å². The van der Waals surface area contributed by atoms with E-state index in [1.54, 1.807) is 27.8 Å². The lowest BCUT2D eigenvalue weighted by Gasteiger charge is -2.36. The standard InChI is InChI=1S/C28H29N5O3/c1-20-10-12-23(13-11-20)25-29-26(36-30-25)21(2)31-15-17-32(18-16-31)27(34)24-9-6-14-33(28(24)35)19-22-7-4-3-5-8-22/h3-14,21H,15-19H2,1-2H3. The average molecular weight is 484 g/mol. The van der Waals surface area contributed by atoms with Crippen LogP contribution in [0, 0.1) is 6.92 Å². The molecule has 0 aliphatic carbocycles. The third kappa shape index (κ3) is 4.99. The van der Waals surface area contributed by atoms with Crippen molar-refractivity contribution < 1.29 is 9.32 Å². The van der Waals surface area contributed by atoms with Crippen LogP contribution >= 0.6 is 0 Å². The Bertz CT molecular complexity index is 1390. The van der Waals surface area contributed by atoms with Crippen molar-refractivity contribution in [3.05, 3.63) is 106 Å². The van der Waals surface area contributed by atoms with Crippen molar-refractivity contribution in [2.24, 2.45) is 0 Å². The van der Waals surface area contributed by atoms with E-state index in [9.17, 15) is 9.59 Å². The summed E-state index contributed by atoms with van der Waals surface area (Å²) in [5.41, 5.74) is 3.04. The van der Waals surface area contributed by atoms with Crippen LogP contribution < -0.4 is 5.56 Å². The number of amides is 1. The zero-order chi connectivity index (χ0) is 25.1. The summed E-state index contributed by atoms with van der Waals surface area (Å²) in [6.07, 6.45) is 1.72. The molecule has 1 aliphatic rings. The number of aryl methyl sites for hydroxylation is 1. The molecule has 1 saturated heterocycles. The predicted molar refractivity (Wildman–Crippen MR) is 137 cm³/mol. The summed E-state index contributed by atoms with van der Waals surface area (Å²) >= 11 is 0. The third-order valence-corrected chi connectivity index (χ3v) is 6.70. The first kappa shape index (κ1) is 23.7. The molecule has 1 aliphatic heterocycles. The Balaban J connectivity index is 1.22. The maximum absolute atomic E-state index is 13.2. The van der Waals surface area contributed by atoms with Gasteiger partial charge in [-0.15, -0.1) is 0 Å². The largest absolute Gasteiger partial charge is 0.337 e. The van der Waals surface area contributed by atoms with Gasteiger partial charge >= 0.3 is 0 Å². The highest BCUT2D eigenvalue weighted by molar-refractivity contribution is 5.93. The second-order valence-corrected chi connectivity index (χ2v) is 9.17. The van der Waals surface area contributed by atoms with Crippen LogP contribution in [0.15, 0.2) is 82.2 Å². The highest BCUT2D eigenvalue weighted by Gasteiger charge is 2.29. The van der Waals surface area contributed by atoms with Gasteiger partial charge in [-0.05, 0) is 31.5 Å². The number of aromatic nitrogens is 3. The molecular weight excluding hydrogens is 454 g/mol. The molecule has 4 aromatic rings. The number of hydrogen-bond acceptors (Lipinski definition) is 6. The van der Waals surface area contributed by atoms with E-state index in [0.29, 0.717) is 44.4 Å². The molecule has 184 valence electrons. The van der Waals surface area contributed by atoms with Gasteiger partial charge in [-0.25, -0.2) is 0 Å². The summed E-state index contributed by atoms with van der Waals surface area (Å²) in [6.45, 7) is 6.85. The summed E-state index contributed by atoms with van der Waals surface area (Å²) in [4.78, 5) is 34.8.